The van der Waals surface area contributed by atoms with Crippen LogP contribution in [0.1, 0.15) is 114 Å². The summed E-state index contributed by atoms with van der Waals surface area (Å²) in [5, 5.41) is 0. The Kier molecular flexibility index (Phi) is 14.6. The van der Waals surface area contributed by atoms with Gasteiger partial charge in [0.05, 0.1) is 5.56 Å². The molecule has 0 bridgehead atoms. The number of carbonyl (C=O) groups is 1. The lowest BCUT2D eigenvalue weighted by Crippen LogP contribution is -2.33. The zero-order valence-electron chi connectivity index (χ0n) is 18.4. The summed E-state index contributed by atoms with van der Waals surface area (Å²) < 4.78 is 14.1. The van der Waals surface area contributed by atoms with Crippen molar-refractivity contribution < 1.29 is 9.18 Å². The summed E-state index contributed by atoms with van der Waals surface area (Å²) in [5.41, 5.74) is 0.216. The van der Waals surface area contributed by atoms with Gasteiger partial charge >= 0.3 is 0 Å². The maximum Gasteiger partial charge on any atom is 0.256 e. The molecule has 0 radical (unpaired) electrons. The summed E-state index contributed by atoms with van der Waals surface area (Å²) in [6, 6.07) is 6.38. The fourth-order valence-electron chi connectivity index (χ4n) is 3.64. The molecule has 0 N–H and O–H groups in total. The number of halogens is 1. The Morgan fingerprint density at radius 2 is 1.14 bits per heavy atom. The standard InChI is InChI=1S/C25H42FNO/c1-3-5-7-9-11-13-17-21-27(22-18-14-12-10-8-6-4-2)25(28)23-19-15-16-20-24(23)26/h15-16,19-20H,3-14,17-18,21-22H2,1-2H3. The van der Waals surface area contributed by atoms with Crippen LogP contribution in [-0.4, -0.2) is 23.9 Å². The lowest BCUT2D eigenvalue weighted by molar-refractivity contribution is 0.0744. The zero-order valence-corrected chi connectivity index (χ0v) is 18.4. The minimum absolute atomic E-state index is 0.143. The summed E-state index contributed by atoms with van der Waals surface area (Å²) in [4.78, 5) is 14.7. The molecule has 0 saturated heterocycles. The average Bonchev–Trinajstić information content (AvgIpc) is 2.70. The van der Waals surface area contributed by atoms with E-state index in [1.54, 1.807) is 18.2 Å². The highest BCUT2D eigenvalue weighted by Crippen LogP contribution is 2.14. The first-order valence-corrected chi connectivity index (χ1v) is 11.7. The monoisotopic (exact) mass is 391 g/mol. The third-order valence-electron chi connectivity index (χ3n) is 5.45. The predicted octanol–water partition coefficient (Wildman–Crippen LogP) is 7.77. The molecular formula is C25H42FNO. The van der Waals surface area contributed by atoms with Crippen molar-refractivity contribution in [3.63, 3.8) is 0 Å². The van der Waals surface area contributed by atoms with E-state index >= 15 is 0 Å². The van der Waals surface area contributed by atoms with Crippen molar-refractivity contribution in [1.82, 2.24) is 4.90 Å². The molecule has 0 fully saturated rings. The first-order valence-electron chi connectivity index (χ1n) is 11.7. The number of nitrogens with zero attached hydrogens (tertiary/aromatic N) is 1. The highest BCUT2D eigenvalue weighted by molar-refractivity contribution is 5.94. The molecule has 1 rings (SSSR count). The predicted molar refractivity (Wildman–Crippen MR) is 118 cm³/mol. The number of rotatable bonds is 17. The van der Waals surface area contributed by atoms with E-state index in [9.17, 15) is 9.18 Å². The molecule has 160 valence electrons. The number of amides is 1. The van der Waals surface area contributed by atoms with Gasteiger partial charge < -0.3 is 4.90 Å². The third-order valence-corrected chi connectivity index (χ3v) is 5.45. The van der Waals surface area contributed by atoms with Crippen LogP contribution in [0.5, 0.6) is 0 Å². The van der Waals surface area contributed by atoms with Crippen LogP contribution in [0.3, 0.4) is 0 Å². The van der Waals surface area contributed by atoms with Crippen molar-refractivity contribution in [1.29, 1.82) is 0 Å². The summed E-state index contributed by atoms with van der Waals surface area (Å²) in [5.74, 6) is -0.549. The van der Waals surface area contributed by atoms with Crippen molar-refractivity contribution in [2.45, 2.75) is 104 Å². The Hall–Kier alpha value is -1.38. The van der Waals surface area contributed by atoms with E-state index in [-0.39, 0.29) is 11.5 Å². The Morgan fingerprint density at radius 3 is 1.61 bits per heavy atom. The molecule has 0 aliphatic heterocycles. The number of hydrogen-bond donors (Lipinski definition) is 0. The molecule has 0 heterocycles. The van der Waals surface area contributed by atoms with Crippen molar-refractivity contribution in [2.75, 3.05) is 13.1 Å². The van der Waals surface area contributed by atoms with Gasteiger partial charge in [-0.3, -0.25) is 4.79 Å². The maximum atomic E-state index is 14.1. The Morgan fingerprint density at radius 1 is 0.714 bits per heavy atom. The molecule has 1 amide bonds. The van der Waals surface area contributed by atoms with Crippen LogP contribution < -0.4 is 0 Å². The molecule has 2 nitrogen and oxygen atoms in total. The topological polar surface area (TPSA) is 20.3 Å². The quantitative estimate of drug-likeness (QED) is 0.248. The highest BCUT2D eigenvalue weighted by Gasteiger charge is 2.18. The average molecular weight is 392 g/mol. The van der Waals surface area contributed by atoms with Gasteiger partial charge in [-0.15, -0.1) is 0 Å². The molecule has 1 aromatic rings. The molecule has 0 saturated carbocycles. The van der Waals surface area contributed by atoms with E-state index in [4.69, 9.17) is 0 Å². The van der Waals surface area contributed by atoms with Gasteiger partial charge in [0.15, 0.2) is 0 Å². The van der Waals surface area contributed by atoms with Crippen LogP contribution in [0.15, 0.2) is 24.3 Å². The minimum atomic E-state index is -0.406. The lowest BCUT2D eigenvalue weighted by atomic mass is 10.1. The van der Waals surface area contributed by atoms with Crippen LogP contribution in [0.2, 0.25) is 0 Å². The van der Waals surface area contributed by atoms with Crippen LogP contribution in [0, 0.1) is 5.82 Å². The number of unbranched alkanes of at least 4 members (excludes halogenated alkanes) is 12. The van der Waals surface area contributed by atoms with Crippen LogP contribution in [0.4, 0.5) is 4.39 Å². The van der Waals surface area contributed by atoms with Gasteiger partial charge in [0.1, 0.15) is 5.82 Å². The number of benzene rings is 1. The van der Waals surface area contributed by atoms with Crippen molar-refractivity contribution in [2.24, 2.45) is 0 Å². The van der Waals surface area contributed by atoms with E-state index < -0.39 is 5.82 Å². The summed E-state index contributed by atoms with van der Waals surface area (Å²) >= 11 is 0. The summed E-state index contributed by atoms with van der Waals surface area (Å²) in [6.45, 7) is 5.96. The number of hydrogen-bond acceptors (Lipinski definition) is 1. The lowest BCUT2D eigenvalue weighted by Gasteiger charge is -2.23. The molecule has 28 heavy (non-hydrogen) atoms. The van der Waals surface area contributed by atoms with E-state index in [0.29, 0.717) is 0 Å². The van der Waals surface area contributed by atoms with Crippen molar-refractivity contribution in [3.8, 4) is 0 Å². The summed E-state index contributed by atoms with van der Waals surface area (Å²) in [7, 11) is 0. The van der Waals surface area contributed by atoms with Gasteiger partial charge in [-0.05, 0) is 25.0 Å². The van der Waals surface area contributed by atoms with Crippen molar-refractivity contribution >= 4 is 5.91 Å². The van der Waals surface area contributed by atoms with Crippen molar-refractivity contribution in [3.05, 3.63) is 35.6 Å². The van der Waals surface area contributed by atoms with E-state index in [2.05, 4.69) is 13.8 Å². The normalized spacial score (nSPS) is 11.0. The molecule has 0 aliphatic carbocycles. The molecule has 0 aliphatic rings. The van der Waals surface area contributed by atoms with Gasteiger partial charge in [-0.1, -0.05) is 103 Å². The number of carbonyl (C=O) groups excluding carboxylic acids is 1. The smallest absolute Gasteiger partial charge is 0.256 e. The molecule has 0 atom stereocenters. The first kappa shape index (κ1) is 24.7. The third kappa shape index (κ3) is 10.8. The Balaban J connectivity index is 2.43. The van der Waals surface area contributed by atoms with E-state index in [1.165, 1.54) is 70.3 Å². The molecule has 1 aromatic carbocycles. The van der Waals surface area contributed by atoms with Crippen LogP contribution in [0.25, 0.3) is 0 Å². The largest absolute Gasteiger partial charge is 0.339 e. The molecule has 0 spiro atoms. The molecule has 3 heteroatoms. The molecular weight excluding hydrogens is 349 g/mol. The second-order valence-electron chi connectivity index (χ2n) is 8.01. The highest BCUT2D eigenvalue weighted by atomic mass is 19.1. The first-order chi connectivity index (χ1) is 13.7. The van der Waals surface area contributed by atoms with Gasteiger partial charge in [0, 0.05) is 13.1 Å². The van der Waals surface area contributed by atoms with Gasteiger partial charge in [0.25, 0.3) is 5.91 Å². The molecule has 0 aromatic heterocycles. The second-order valence-corrected chi connectivity index (χ2v) is 8.01. The Labute approximate surface area is 172 Å². The minimum Gasteiger partial charge on any atom is -0.339 e. The van der Waals surface area contributed by atoms with Gasteiger partial charge in [-0.25, -0.2) is 4.39 Å². The SMILES string of the molecule is CCCCCCCCCN(CCCCCCCCC)C(=O)c1ccccc1F. The Bertz CT molecular complexity index is 499. The van der Waals surface area contributed by atoms with Gasteiger partial charge in [-0.2, -0.15) is 0 Å². The van der Waals surface area contributed by atoms with E-state index in [0.717, 1.165) is 38.8 Å². The van der Waals surface area contributed by atoms with E-state index in [1.807, 2.05) is 4.90 Å². The van der Waals surface area contributed by atoms with Crippen LogP contribution in [-0.2, 0) is 0 Å². The van der Waals surface area contributed by atoms with Gasteiger partial charge in [0.2, 0.25) is 0 Å². The summed E-state index contributed by atoms with van der Waals surface area (Å²) in [6.07, 6.45) is 17.2. The molecule has 0 unspecified atom stereocenters. The van der Waals surface area contributed by atoms with Crippen LogP contribution >= 0.6 is 0 Å². The second kappa shape index (κ2) is 16.6. The fourth-order valence-corrected chi connectivity index (χ4v) is 3.64. The zero-order chi connectivity index (χ0) is 20.5. The fraction of sp³-hybridized carbons (Fsp3) is 0.720. The maximum absolute atomic E-state index is 14.1.